The summed E-state index contributed by atoms with van der Waals surface area (Å²) in [6.07, 6.45) is 0. The lowest BCUT2D eigenvalue weighted by atomic mass is 10.1. The van der Waals surface area contributed by atoms with Gasteiger partial charge >= 0.3 is 0 Å². The zero-order chi connectivity index (χ0) is 20.2. The quantitative estimate of drug-likeness (QED) is 0.524. The summed E-state index contributed by atoms with van der Waals surface area (Å²) in [6.45, 7) is 0.988. The fraction of sp³-hybridized carbons (Fsp3) is 0.136. The first-order chi connectivity index (χ1) is 14.1. The maximum absolute atomic E-state index is 12.5. The van der Waals surface area contributed by atoms with E-state index in [9.17, 15) is 4.79 Å². The van der Waals surface area contributed by atoms with Crippen LogP contribution in [0.5, 0.6) is 5.75 Å². The van der Waals surface area contributed by atoms with Gasteiger partial charge in [-0.2, -0.15) is 0 Å². The minimum Gasteiger partial charge on any atom is -0.497 e. The number of hydrogen-bond acceptors (Lipinski definition) is 4. The van der Waals surface area contributed by atoms with Crippen molar-refractivity contribution in [3.8, 4) is 5.75 Å². The number of aromatic nitrogens is 3. The van der Waals surface area contributed by atoms with Crippen LogP contribution in [0.3, 0.4) is 0 Å². The van der Waals surface area contributed by atoms with Gasteiger partial charge < -0.3 is 10.1 Å². The first-order valence-electron chi connectivity index (χ1n) is 9.11. The van der Waals surface area contributed by atoms with Crippen molar-refractivity contribution >= 4 is 28.5 Å². The number of carbonyl (C=O) groups excluding carboxylic acids is 1. The second-order valence-corrected chi connectivity index (χ2v) is 7.05. The van der Waals surface area contributed by atoms with Crippen LogP contribution in [0, 0.1) is 0 Å². The van der Waals surface area contributed by atoms with Gasteiger partial charge in [0.1, 0.15) is 11.3 Å². The molecular weight excluding hydrogens is 388 g/mol. The van der Waals surface area contributed by atoms with Crippen LogP contribution in [0.1, 0.15) is 21.5 Å². The summed E-state index contributed by atoms with van der Waals surface area (Å²) < 4.78 is 7.00. The van der Waals surface area contributed by atoms with Crippen LogP contribution in [0.25, 0.3) is 11.0 Å². The Morgan fingerprint density at radius 1 is 1.07 bits per heavy atom. The number of nitrogens with zero attached hydrogens (tertiary/aromatic N) is 3. The molecule has 0 bridgehead atoms. The van der Waals surface area contributed by atoms with E-state index in [1.807, 2.05) is 53.2 Å². The Morgan fingerprint density at radius 2 is 1.90 bits per heavy atom. The van der Waals surface area contributed by atoms with Gasteiger partial charge in [-0.1, -0.05) is 41.1 Å². The number of hydrogen-bond donors (Lipinski definition) is 1. The van der Waals surface area contributed by atoms with E-state index >= 15 is 0 Å². The number of carbonyl (C=O) groups is 1. The number of fused-ring (bicyclic) bond motifs is 1. The van der Waals surface area contributed by atoms with Gasteiger partial charge in [0.25, 0.3) is 5.91 Å². The Kier molecular flexibility index (Phi) is 5.44. The second kappa shape index (κ2) is 8.32. The molecule has 0 spiro atoms. The summed E-state index contributed by atoms with van der Waals surface area (Å²) in [7, 11) is 1.64. The fourth-order valence-electron chi connectivity index (χ4n) is 3.07. The molecule has 4 aromatic rings. The molecule has 1 aromatic heterocycles. The van der Waals surface area contributed by atoms with Gasteiger partial charge in [0, 0.05) is 17.1 Å². The van der Waals surface area contributed by atoms with E-state index in [0.717, 1.165) is 22.4 Å². The molecule has 7 heteroatoms. The third-order valence-corrected chi connectivity index (χ3v) is 4.84. The highest BCUT2D eigenvalue weighted by molar-refractivity contribution is 6.30. The van der Waals surface area contributed by atoms with Crippen LogP contribution in [-0.4, -0.2) is 28.0 Å². The maximum Gasteiger partial charge on any atom is 0.251 e. The molecule has 0 aliphatic carbocycles. The zero-order valence-electron chi connectivity index (χ0n) is 15.8. The molecule has 0 unspecified atom stereocenters. The van der Waals surface area contributed by atoms with Crippen LogP contribution >= 0.6 is 11.6 Å². The van der Waals surface area contributed by atoms with Crippen LogP contribution < -0.4 is 10.1 Å². The van der Waals surface area contributed by atoms with E-state index < -0.39 is 0 Å². The van der Waals surface area contributed by atoms with Gasteiger partial charge in [0.15, 0.2) is 0 Å². The van der Waals surface area contributed by atoms with Crippen molar-refractivity contribution in [3.63, 3.8) is 0 Å². The Balaban J connectivity index is 1.47. The van der Waals surface area contributed by atoms with E-state index in [-0.39, 0.29) is 5.91 Å². The summed E-state index contributed by atoms with van der Waals surface area (Å²) >= 11 is 5.98. The lowest BCUT2D eigenvalue weighted by Gasteiger charge is -2.07. The molecule has 6 nitrogen and oxygen atoms in total. The molecule has 0 fully saturated rings. The SMILES string of the molecule is COc1ccc(Cn2nnc3cc(C(=O)NCc4cccc(Cl)c4)ccc32)cc1. The van der Waals surface area contributed by atoms with Gasteiger partial charge in [0.2, 0.25) is 0 Å². The van der Waals surface area contributed by atoms with Gasteiger partial charge in [-0.15, -0.1) is 5.10 Å². The van der Waals surface area contributed by atoms with Crippen molar-refractivity contribution in [3.05, 3.63) is 88.4 Å². The Hall–Kier alpha value is -3.38. The predicted octanol–water partition coefficient (Wildman–Crippen LogP) is 4.07. The third-order valence-electron chi connectivity index (χ3n) is 4.61. The van der Waals surface area contributed by atoms with Gasteiger partial charge in [-0.05, 0) is 53.6 Å². The maximum atomic E-state index is 12.5. The number of benzene rings is 3. The summed E-state index contributed by atoms with van der Waals surface area (Å²) in [5.74, 6) is 0.641. The normalized spacial score (nSPS) is 10.8. The average molecular weight is 407 g/mol. The number of halogens is 1. The Labute approximate surface area is 173 Å². The van der Waals surface area contributed by atoms with E-state index in [2.05, 4.69) is 15.6 Å². The minimum atomic E-state index is -0.170. The predicted molar refractivity (Wildman–Crippen MR) is 112 cm³/mol. The third kappa shape index (κ3) is 4.38. The monoisotopic (exact) mass is 406 g/mol. The van der Waals surface area contributed by atoms with E-state index in [4.69, 9.17) is 16.3 Å². The molecule has 0 atom stereocenters. The first-order valence-corrected chi connectivity index (χ1v) is 9.49. The molecule has 1 heterocycles. The number of ether oxygens (including phenoxy) is 1. The molecule has 3 aromatic carbocycles. The van der Waals surface area contributed by atoms with E-state index in [1.165, 1.54) is 0 Å². The zero-order valence-corrected chi connectivity index (χ0v) is 16.6. The summed E-state index contributed by atoms with van der Waals surface area (Å²) in [6, 6.07) is 20.6. The van der Waals surface area contributed by atoms with Crippen LogP contribution in [-0.2, 0) is 13.1 Å². The molecule has 4 rings (SSSR count). The van der Waals surface area contributed by atoms with Crippen LogP contribution in [0.15, 0.2) is 66.7 Å². The van der Waals surface area contributed by atoms with Crippen molar-refractivity contribution < 1.29 is 9.53 Å². The summed E-state index contributed by atoms with van der Waals surface area (Å²) in [5, 5.41) is 12.0. The van der Waals surface area contributed by atoms with Crippen LogP contribution in [0.2, 0.25) is 5.02 Å². The molecule has 1 N–H and O–H groups in total. The van der Waals surface area contributed by atoms with E-state index in [0.29, 0.717) is 29.2 Å². The van der Waals surface area contributed by atoms with Crippen molar-refractivity contribution in [1.82, 2.24) is 20.3 Å². The summed E-state index contributed by atoms with van der Waals surface area (Å²) in [5.41, 5.74) is 4.11. The molecule has 0 aliphatic rings. The average Bonchev–Trinajstić information content (AvgIpc) is 3.14. The standard InChI is InChI=1S/C22H19ClN4O2/c1-29-19-8-5-15(6-9-19)14-27-21-10-7-17(12-20(21)25-26-27)22(28)24-13-16-3-2-4-18(23)11-16/h2-12H,13-14H2,1H3,(H,24,28). The highest BCUT2D eigenvalue weighted by Gasteiger charge is 2.11. The molecule has 1 amide bonds. The molecule has 29 heavy (non-hydrogen) atoms. The summed E-state index contributed by atoms with van der Waals surface area (Å²) in [4.78, 5) is 12.5. The molecule has 0 aliphatic heterocycles. The van der Waals surface area contributed by atoms with E-state index in [1.54, 1.807) is 25.3 Å². The molecule has 146 valence electrons. The van der Waals surface area contributed by atoms with Crippen LogP contribution in [0.4, 0.5) is 0 Å². The molecule has 0 radical (unpaired) electrons. The Bertz CT molecular complexity index is 1160. The molecule has 0 saturated carbocycles. The van der Waals surface area contributed by atoms with Crippen molar-refractivity contribution in [2.24, 2.45) is 0 Å². The number of amides is 1. The largest absolute Gasteiger partial charge is 0.497 e. The number of rotatable bonds is 6. The number of methoxy groups -OCH3 is 1. The second-order valence-electron chi connectivity index (χ2n) is 6.61. The topological polar surface area (TPSA) is 69.0 Å². The molecular formula is C22H19ClN4O2. The number of nitrogens with one attached hydrogen (secondary N) is 1. The minimum absolute atomic E-state index is 0.170. The highest BCUT2D eigenvalue weighted by Crippen LogP contribution is 2.17. The smallest absolute Gasteiger partial charge is 0.251 e. The Morgan fingerprint density at radius 3 is 2.66 bits per heavy atom. The fourth-order valence-corrected chi connectivity index (χ4v) is 3.28. The van der Waals surface area contributed by atoms with Crippen molar-refractivity contribution in [2.45, 2.75) is 13.1 Å². The highest BCUT2D eigenvalue weighted by atomic mass is 35.5. The molecule has 0 saturated heterocycles. The van der Waals surface area contributed by atoms with Gasteiger partial charge in [0.05, 0.1) is 19.2 Å². The lowest BCUT2D eigenvalue weighted by molar-refractivity contribution is 0.0951. The van der Waals surface area contributed by atoms with Crippen molar-refractivity contribution in [2.75, 3.05) is 7.11 Å². The first kappa shape index (κ1) is 19.0. The van der Waals surface area contributed by atoms with Gasteiger partial charge in [-0.3, -0.25) is 4.79 Å². The van der Waals surface area contributed by atoms with Crippen molar-refractivity contribution in [1.29, 1.82) is 0 Å². The van der Waals surface area contributed by atoms with Gasteiger partial charge in [-0.25, -0.2) is 4.68 Å². The lowest BCUT2D eigenvalue weighted by Crippen LogP contribution is -2.22.